The number of hydrogen-bond donors (Lipinski definition) is 4. The summed E-state index contributed by atoms with van der Waals surface area (Å²) in [6, 6.07) is -0.488. The lowest BCUT2D eigenvalue weighted by molar-refractivity contribution is -0.121. The smallest absolute Gasteiger partial charge is 0.237 e. The molecule has 1 amide bonds. The van der Waals surface area contributed by atoms with E-state index in [0.717, 1.165) is 12.2 Å². The van der Waals surface area contributed by atoms with Crippen molar-refractivity contribution in [2.75, 3.05) is 18.1 Å². The Morgan fingerprint density at radius 2 is 2.18 bits per heavy atom. The highest BCUT2D eigenvalue weighted by atomic mass is 32.1. The molecule has 5 heteroatoms. The summed E-state index contributed by atoms with van der Waals surface area (Å²) in [5, 5.41) is 2.67. The molecule has 0 aliphatic rings. The molecule has 3 N–H and O–H groups in total. The maximum absolute atomic E-state index is 10.9. The number of carbonyl (C=O) groups excluding carboxylic acids is 1. The largest absolute Gasteiger partial charge is 0.355 e. The Labute approximate surface area is 77.9 Å². The van der Waals surface area contributed by atoms with Gasteiger partial charge < -0.3 is 11.1 Å². The third-order valence-electron chi connectivity index (χ3n) is 1.17. The normalized spacial score (nSPS) is 12.6. The Hall–Kier alpha value is 0.130. The summed E-state index contributed by atoms with van der Waals surface area (Å²) in [5.74, 6) is 1.02. The average Bonchev–Trinajstić information content (AvgIpc) is 2.03. The molecule has 0 fully saturated rings. The fourth-order valence-corrected chi connectivity index (χ4v) is 0.829. The molecule has 0 saturated carbocycles. The Bertz CT molecular complexity index is 121. The maximum atomic E-state index is 10.9. The second kappa shape index (κ2) is 6.82. The first-order valence-electron chi connectivity index (χ1n) is 3.47. The van der Waals surface area contributed by atoms with Crippen LogP contribution in [0.2, 0.25) is 0 Å². The molecule has 0 rings (SSSR count). The van der Waals surface area contributed by atoms with Gasteiger partial charge in [0.1, 0.15) is 0 Å². The van der Waals surface area contributed by atoms with Gasteiger partial charge in [-0.3, -0.25) is 4.79 Å². The Kier molecular flexibility index (Phi) is 6.90. The van der Waals surface area contributed by atoms with Gasteiger partial charge in [-0.15, -0.1) is 0 Å². The lowest BCUT2D eigenvalue weighted by atomic mass is 10.3. The van der Waals surface area contributed by atoms with Crippen molar-refractivity contribution >= 4 is 31.2 Å². The van der Waals surface area contributed by atoms with Crippen LogP contribution in [-0.4, -0.2) is 30.0 Å². The Balaban J connectivity index is 3.36. The van der Waals surface area contributed by atoms with Crippen LogP contribution in [-0.2, 0) is 4.79 Å². The van der Waals surface area contributed by atoms with Crippen molar-refractivity contribution in [1.29, 1.82) is 0 Å². The molecule has 0 aromatic rings. The van der Waals surface area contributed by atoms with E-state index in [4.69, 9.17) is 5.73 Å². The van der Waals surface area contributed by atoms with Gasteiger partial charge in [0.15, 0.2) is 0 Å². The number of rotatable bonds is 5. The zero-order valence-electron chi connectivity index (χ0n) is 6.29. The van der Waals surface area contributed by atoms with Crippen LogP contribution in [0.25, 0.3) is 0 Å². The van der Waals surface area contributed by atoms with E-state index in [9.17, 15) is 4.79 Å². The molecule has 1 atom stereocenters. The van der Waals surface area contributed by atoms with Crippen molar-refractivity contribution in [2.45, 2.75) is 12.5 Å². The molecule has 0 saturated heterocycles. The van der Waals surface area contributed by atoms with E-state index in [1.807, 2.05) is 0 Å². The minimum absolute atomic E-state index is 0.137. The van der Waals surface area contributed by atoms with Crippen molar-refractivity contribution in [2.24, 2.45) is 5.73 Å². The third kappa shape index (κ3) is 5.41. The number of nitrogens with two attached hydrogens (primary N) is 1. The second-order valence-corrected chi connectivity index (χ2v) is 2.97. The number of thiol groups is 2. The standard InChI is InChI=1S/C6H14N2OS2/c7-5(4-11)6(9)8-2-1-3-10/h5,10-11H,1-4,7H2,(H,8,9). The third-order valence-corrected chi connectivity index (χ3v) is 1.88. The molecule has 0 spiro atoms. The molecular formula is C6H14N2OS2. The topological polar surface area (TPSA) is 55.1 Å². The molecule has 0 heterocycles. The molecule has 66 valence electrons. The molecule has 0 radical (unpaired) electrons. The van der Waals surface area contributed by atoms with Gasteiger partial charge in [-0.1, -0.05) is 0 Å². The molecule has 0 aliphatic carbocycles. The molecule has 11 heavy (non-hydrogen) atoms. The van der Waals surface area contributed by atoms with Crippen LogP contribution in [0.5, 0.6) is 0 Å². The van der Waals surface area contributed by atoms with Crippen LogP contribution in [0.4, 0.5) is 0 Å². The lowest BCUT2D eigenvalue weighted by Gasteiger charge is -2.08. The molecule has 0 bridgehead atoms. The quantitative estimate of drug-likeness (QED) is 0.358. The van der Waals surface area contributed by atoms with Crippen LogP contribution in [0.15, 0.2) is 0 Å². The van der Waals surface area contributed by atoms with Crippen LogP contribution in [0.1, 0.15) is 6.42 Å². The summed E-state index contributed by atoms with van der Waals surface area (Å²) in [7, 11) is 0. The van der Waals surface area contributed by atoms with Crippen molar-refractivity contribution in [3.63, 3.8) is 0 Å². The molecule has 0 aromatic heterocycles. The zero-order valence-corrected chi connectivity index (χ0v) is 8.07. The Morgan fingerprint density at radius 3 is 2.64 bits per heavy atom. The van der Waals surface area contributed by atoms with Gasteiger partial charge in [0.25, 0.3) is 0 Å². The van der Waals surface area contributed by atoms with E-state index >= 15 is 0 Å². The Morgan fingerprint density at radius 1 is 1.55 bits per heavy atom. The molecular weight excluding hydrogens is 180 g/mol. The predicted molar refractivity (Wildman–Crippen MR) is 53.3 cm³/mol. The molecule has 3 nitrogen and oxygen atoms in total. The number of nitrogens with one attached hydrogen (secondary N) is 1. The first kappa shape index (κ1) is 11.1. The van der Waals surface area contributed by atoms with Gasteiger partial charge >= 0.3 is 0 Å². The molecule has 1 unspecified atom stereocenters. The minimum Gasteiger partial charge on any atom is -0.355 e. The van der Waals surface area contributed by atoms with E-state index in [-0.39, 0.29) is 5.91 Å². The van der Waals surface area contributed by atoms with Crippen LogP contribution in [0.3, 0.4) is 0 Å². The van der Waals surface area contributed by atoms with Crippen molar-refractivity contribution < 1.29 is 4.79 Å². The highest BCUT2D eigenvalue weighted by Gasteiger charge is 2.08. The first-order valence-corrected chi connectivity index (χ1v) is 4.74. The van der Waals surface area contributed by atoms with E-state index in [2.05, 4.69) is 30.6 Å². The van der Waals surface area contributed by atoms with Gasteiger partial charge in [0.2, 0.25) is 5.91 Å². The molecule has 0 aromatic carbocycles. The van der Waals surface area contributed by atoms with E-state index in [1.165, 1.54) is 0 Å². The lowest BCUT2D eigenvalue weighted by Crippen LogP contribution is -2.42. The summed E-state index contributed by atoms with van der Waals surface area (Å²) in [4.78, 5) is 10.9. The summed E-state index contributed by atoms with van der Waals surface area (Å²) >= 11 is 7.90. The summed E-state index contributed by atoms with van der Waals surface area (Å²) < 4.78 is 0. The number of hydrogen-bond acceptors (Lipinski definition) is 4. The van der Waals surface area contributed by atoms with Gasteiger partial charge in [-0.05, 0) is 12.2 Å². The van der Waals surface area contributed by atoms with Crippen molar-refractivity contribution in [3.8, 4) is 0 Å². The summed E-state index contributed by atoms with van der Waals surface area (Å²) in [5.41, 5.74) is 5.39. The highest BCUT2D eigenvalue weighted by molar-refractivity contribution is 7.80. The predicted octanol–water partition coefficient (Wildman–Crippen LogP) is -0.320. The van der Waals surface area contributed by atoms with Crippen LogP contribution in [0, 0.1) is 0 Å². The van der Waals surface area contributed by atoms with Gasteiger partial charge in [-0.25, -0.2) is 0 Å². The minimum atomic E-state index is -0.488. The van der Waals surface area contributed by atoms with E-state index in [0.29, 0.717) is 12.3 Å². The SMILES string of the molecule is NC(CS)C(=O)NCCCS. The zero-order chi connectivity index (χ0) is 8.69. The summed E-state index contributed by atoms with van der Waals surface area (Å²) in [6.07, 6.45) is 0.869. The van der Waals surface area contributed by atoms with Gasteiger partial charge in [-0.2, -0.15) is 25.3 Å². The monoisotopic (exact) mass is 194 g/mol. The first-order chi connectivity index (χ1) is 5.22. The molecule has 0 aliphatic heterocycles. The van der Waals surface area contributed by atoms with Crippen LogP contribution < -0.4 is 11.1 Å². The van der Waals surface area contributed by atoms with Gasteiger partial charge in [0, 0.05) is 12.3 Å². The fraction of sp³-hybridized carbons (Fsp3) is 0.833. The number of carbonyl (C=O) groups is 1. The van der Waals surface area contributed by atoms with E-state index in [1.54, 1.807) is 0 Å². The average molecular weight is 194 g/mol. The number of amides is 1. The summed E-state index contributed by atoms with van der Waals surface area (Å²) in [6.45, 7) is 0.643. The van der Waals surface area contributed by atoms with E-state index < -0.39 is 6.04 Å². The second-order valence-electron chi connectivity index (χ2n) is 2.16. The maximum Gasteiger partial charge on any atom is 0.237 e. The fourth-order valence-electron chi connectivity index (χ4n) is 0.505. The highest BCUT2D eigenvalue weighted by Crippen LogP contribution is 1.85. The van der Waals surface area contributed by atoms with Crippen molar-refractivity contribution in [3.05, 3.63) is 0 Å². The van der Waals surface area contributed by atoms with Crippen molar-refractivity contribution in [1.82, 2.24) is 5.32 Å². The van der Waals surface area contributed by atoms with Gasteiger partial charge in [0.05, 0.1) is 6.04 Å². The van der Waals surface area contributed by atoms with Crippen LogP contribution >= 0.6 is 25.3 Å².